The van der Waals surface area contributed by atoms with Gasteiger partial charge in [0.05, 0.1) is 5.75 Å². The lowest BCUT2D eigenvalue weighted by Gasteiger charge is -2.31. The summed E-state index contributed by atoms with van der Waals surface area (Å²) in [7, 11) is -1.35. The molecule has 0 spiro atoms. The first-order chi connectivity index (χ1) is 15.9. The number of sulfonamides is 1. The fourth-order valence-corrected chi connectivity index (χ4v) is 5.90. The third-order valence-electron chi connectivity index (χ3n) is 6.53. The summed E-state index contributed by atoms with van der Waals surface area (Å²) >= 11 is 0. The van der Waals surface area contributed by atoms with Crippen molar-refractivity contribution in [1.82, 2.24) is 14.5 Å². The highest BCUT2D eigenvalue weighted by atomic mass is 32.2. The zero-order valence-corrected chi connectivity index (χ0v) is 20.2. The molecule has 1 amide bonds. The van der Waals surface area contributed by atoms with Crippen LogP contribution in [0.1, 0.15) is 40.7 Å². The van der Waals surface area contributed by atoms with Crippen LogP contribution in [-0.2, 0) is 22.3 Å². The molecule has 0 aliphatic carbocycles. The third kappa shape index (κ3) is 6.34. The quantitative estimate of drug-likeness (QED) is 0.674. The molecule has 0 atom stereocenters. The molecular weight excluding hydrogens is 436 g/mol. The summed E-state index contributed by atoms with van der Waals surface area (Å²) in [6.07, 6.45) is 3.81. The van der Waals surface area contributed by atoms with Crippen LogP contribution in [0, 0.1) is 0 Å². The number of anilines is 1. The number of amides is 1. The predicted molar refractivity (Wildman–Crippen MR) is 132 cm³/mol. The van der Waals surface area contributed by atoms with E-state index >= 15 is 0 Å². The zero-order chi connectivity index (χ0) is 23.3. The van der Waals surface area contributed by atoms with Gasteiger partial charge in [-0.1, -0.05) is 24.3 Å². The normalized spacial score (nSPS) is 18.3. The summed E-state index contributed by atoms with van der Waals surface area (Å²) in [5.41, 5.74) is 3.52. The Hall–Kier alpha value is -2.42. The summed E-state index contributed by atoms with van der Waals surface area (Å²) < 4.78 is 26.9. The van der Waals surface area contributed by atoms with E-state index in [-0.39, 0.29) is 11.7 Å². The van der Waals surface area contributed by atoms with E-state index in [0.29, 0.717) is 30.8 Å². The fraction of sp³-hybridized carbons (Fsp3) is 0.480. The number of nitrogens with one attached hydrogen (secondary N) is 1. The van der Waals surface area contributed by atoms with Gasteiger partial charge >= 0.3 is 0 Å². The van der Waals surface area contributed by atoms with Crippen molar-refractivity contribution in [3.63, 3.8) is 0 Å². The van der Waals surface area contributed by atoms with E-state index < -0.39 is 10.0 Å². The van der Waals surface area contributed by atoms with Crippen LogP contribution in [0.5, 0.6) is 0 Å². The standard InChI is InChI=1S/C25H34N4O3S/c1-27-15-17-29(18-16-27)33(31,32)20-22-5-9-23(10-6-22)25(30)26-19-21-7-11-24(12-8-21)28-13-3-2-4-14-28/h5-12H,2-4,13-20H2,1H3,(H,26,30). The van der Waals surface area contributed by atoms with Gasteiger partial charge in [0.25, 0.3) is 5.91 Å². The van der Waals surface area contributed by atoms with Crippen molar-refractivity contribution in [3.8, 4) is 0 Å². The van der Waals surface area contributed by atoms with Gasteiger partial charge in [-0.25, -0.2) is 8.42 Å². The Labute approximate surface area is 197 Å². The Morgan fingerprint density at radius 1 is 0.818 bits per heavy atom. The van der Waals surface area contributed by atoms with Gasteiger partial charge in [-0.3, -0.25) is 4.79 Å². The average Bonchev–Trinajstić information content (AvgIpc) is 2.84. The van der Waals surface area contributed by atoms with Crippen molar-refractivity contribution < 1.29 is 13.2 Å². The molecule has 8 heteroatoms. The number of nitrogens with zero attached hydrogens (tertiary/aromatic N) is 3. The van der Waals surface area contributed by atoms with Crippen LogP contribution < -0.4 is 10.2 Å². The lowest BCUT2D eigenvalue weighted by molar-refractivity contribution is 0.0951. The minimum Gasteiger partial charge on any atom is -0.372 e. The molecule has 2 aliphatic rings. The molecule has 0 saturated carbocycles. The van der Waals surface area contributed by atoms with Gasteiger partial charge in [-0.15, -0.1) is 0 Å². The van der Waals surface area contributed by atoms with Crippen molar-refractivity contribution in [2.45, 2.75) is 31.6 Å². The molecule has 2 aromatic rings. The zero-order valence-electron chi connectivity index (χ0n) is 19.4. The first kappa shape index (κ1) is 23.7. The highest BCUT2D eigenvalue weighted by molar-refractivity contribution is 7.88. The van der Waals surface area contributed by atoms with Gasteiger partial charge in [0.15, 0.2) is 0 Å². The van der Waals surface area contributed by atoms with Crippen molar-refractivity contribution >= 4 is 21.6 Å². The number of likely N-dealkylation sites (N-methyl/N-ethyl adjacent to an activating group) is 1. The highest BCUT2D eigenvalue weighted by Gasteiger charge is 2.25. The van der Waals surface area contributed by atoms with Crippen LogP contribution in [0.25, 0.3) is 0 Å². The Morgan fingerprint density at radius 3 is 2.06 bits per heavy atom. The molecular formula is C25H34N4O3S. The van der Waals surface area contributed by atoms with E-state index in [0.717, 1.165) is 31.7 Å². The molecule has 7 nitrogen and oxygen atoms in total. The molecule has 4 rings (SSSR count). The number of carbonyl (C=O) groups is 1. The van der Waals surface area contributed by atoms with Crippen molar-refractivity contribution in [2.24, 2.45) is 0 Å². The SMILES string of the molecule is CN1CCN(S(=O)(=O)Cc2ccc(C(=O)NCc3ccc(N4CCCCC4)cc3)cc2)CC1. The van der Waals surface area contributed by atoms with Gasteiger partial charge in [-0.2, -0.15) is 4.31 Å². The Morgan fingerprint density at radius 2 is 1.42 bits per heavy atom. The molecule has 0 unspecified atom stereocenters. The van der Waals surface area contributed by atoms with Crippen LogP contribution in [-0.4, -0.2) is 69.8 Å². The topological polar surface area (TPSA) is 73.0 Å². The molecule has 0 radical (unpaired) electrons. The second kappa shape index (κ2) is 10.7. The maximum atomic E-state index is 12.7. The minimum absolute atomic E-state index is 0.0397. The number of carbonyl (C=O) groups excluding carboxylic acids is 1. The van der Waals surface area contributed by atoms with Gasteiger partial charge in [0, 0.05) is 57.1 Å². The van der Waals surface area contributed by atoms with Crippen LogP contribution in [0.3, 0.4) is 0 Å². The minimum atomic E-state index is -3.35. The van der Waals surface area contributed by atoms with E-state index in [4.69, 9.17) is 0 Å². The maximum Gasteiger partial charge on any atom is 0.251 e. The molecule has 178 valence electrons. The summed E-state index contributed by atoms with van der Waals surface area (Å²) in [5, 5.41) is 2.95. The van der Waals surface area contributed by atoms with Gasteiger partial charge in [-0.05, 0) is 61.7 Å². The Kier molecular flexibility index (Phi) is 7.67. The van der Waals surface area contributed by atoms with E-state index in [1.807, 2.05) is 7.05 Å². The molecule has 0 aromatic heterocycles. The molecule has 0 bridgehead atoms. The number of hydrogen-bond acceptors (Lipinski definition) is 5. The van der Waals surface area contributed by atoms with Gasteiger partial charge in [0.1, 0.15) is 0 Å². The fourth-order valence-electron chi connectivity index (χ4n) is 4.38. The van der Waals surface area contributed by atoms with E-state index in [9.17, 15) is 13.2 Å². The first-order valence-corrected chi connectivity index (χ1v) is 13.4. The summed E-state index contributed by atoms with van der Waals surface area (Å²) in [4.78, 5) is 17.1. The van der Waals surface area contributed by atoms with Gasteiger partial charge in [0.2, 0.25) is 10.0 Å². The largest absolute Gasteiger partial charge is 0.372 e. The highest BCUT2D eigenvalue weighted by Crippen LogP contribution is 2.20. The molecule has 2 aromatic carbocycles. The van der Waals surface area contributed by atoms with Crippen LogP contribution in [0.4, 0.5) is 5.69 Å². The molecule has 2 fully saturated rings. The number of piperidine rings is 1. The maximum absolute atomic E-state index is 12.7. The molecule has 2 aliphatic heterocycles. The monoisotopic (exact) mass is 470 g/mol. The summed E-state index contributed by atoms with van der Waals surface area (Å²) in [6, 6.07) is 15.2. The molecule has 1 N–H and O–H groups in total. The van der Waals surface area contributed by atoms with Gasteiger partial charge < -0.3 is 15.1 Å². The van der Waals surface area contributed by atoms with Crippen molar-refractivity contribution in [1.29, 1.82) is 0 Å². The van der Waals surface area contributed by atoms with Crippen LogP contribution in [0.15, 0.2) is 48.5 Å². The predicted octanol–water partition coefficient (Wildman–Crippen LogP) is 2.68. The molecule has 33 heavy (non-hydrogen) atoms. The van der Waals surface area contributed by atoms with Crippen molar-refractivity contribution in [3.05, 3.63) is 65.2 Å². The third-order valence-corrected chi connectivity index (χ3v) is 8.38. The van der Waals surface area contributed by atoms with E-state index in [1.165, 1.54) is 24.9 Å². The second-order valence-electron chi connectivity index (χ2n) is 9.05. The lowest BCUT2D eigenvalue weighted by atomic mass is 10.1. The van der Waals surface area contributed by atoms with E-state index in [1.54, 1.807) is 28.6 Å². The van der Waals surface area contributed by atoms with Crippen LogP contribution in [0.2, 0.25) is 0 Å². The van der Waals surface area contributed by atoms with Crippen LogP contribution >= 0.6 is 0 Å². The molecule has 2 heterocycles. The Balaban J connectivity index is 1.28. The first-order valence-electron chi connectivity index (χ1n) is 11.8. The average molecular weight is 471 g/mol. The number of rotatable bonds is 7. The smallest absolute Gasteiger partial charge is 0.251 e. The molecule has 2 saturated heterocycles. The Bertz CT molecular complexity index is 1020. The lowest BCUT2D eigenvalue weighted by Crippen LogP contribution is -2.47. The summed E-state index contributed by atoms with van der Waals surface area (Å²) in [5.74, 6) is -0.203. The number of piperazine rings is 1. The van der Waals surface area contributed by atoms with E-state index in [2.05, 4.69) is 39.4 Å². The number of benzene rings is 2. The summed E-state index contributed by atoms with van der Waals surface area (Å²) in [6.45, 7) is 5.24. The second-order valence-corrected chi connectivity index (χ2v) is 11.0. The number of hydrogen-bond donors (Lipinski definition) is 1. The van der Waals surface area contributed by atoms with Crippen molar-refractivity contribution in [2.75, 3.05) is 51.2 Å².